The van der Waals surface area contributed by atoms with Gasteiger partial charge < -0.3 is 9.14 Å². The molecule has 0 aromatic carbocycles. The van der Waals surface area contributed by atoms with Crippen LogP contribution in [0.5, 0.6) is 5.75 Å². The van der Waals surface area contributed by atoms with Crippen LogP contribution in [0.25, 0.3) is 5.52 Å². The predicted molar refractivity (Wildman–Crippen MR) is 71.0 cm³/mol. The van der Waals surface area contributed by atoms with Gasteiger partial charge >= 0.3 is 0 Å². The van der Waals surface area contributed by atoms with E-state index in [9.17, 15) is 0 Å². The van der Waals surface area contributed by atoms with Crippen LogP contribution in [0.4, 0.5) is 0 Å². The molecule has 4 nitrogen and oxygen atoms in total. The van der Waals surface area contributed by atoms with Crippen molar-refractivity contribution in [3.05, 3.63) is 30.4 Å². The van der Waals surface area contributed by atoms with Crippen LogP contribution in [0.2, 0.25) is 0 Å². The Bertz CT molecular complexity index is 549. The van der Waals surface area contributed by atoms with E-state index in [4.69, 9.17) is 4.74 Å². The molecule has 1 atom stereocenters. The van der Waals surface area contributed by atoms with Gasteiger partial charge in [0.05, 0.1) is 24.9 Å². The first-order chi connectivity index (χ1) is 8.83. The fourth-order valence-electron chi connectivity index (χ4n) is 2.87. The van der Waals surface area contributed by atoms with E-state index in [1.165, 1.54) is 19.4 Å². The highest BCUT2D eigenvalue weighted by atomic mass is 16.5. The molecule has 1 saturated heterocycles. The Balaban J connectivity index is 2.02. The number of likely N-dealkylation sites (tertiary alicyclic amines) is 1. The molecule has 18 heavy (non-hydrogen) atoms. The first-order valence-electron chi connectivity index (χ1n) is 6.58. The number of imidazole rings is 1. The molecule has 2 aromatic heterocycles. The molecule has 0 aliphatic carbocycles. The Morgan fingerprint density at radius 2 is 2.39 bits per heavy atom. The summed E-state index contributed by atoms with van der Waals surface area (Å²) in [7, 11) is 1.69. The Morgan fingerprint density at radius 3 is 3.17 bits per heavy atom. The van der Waals surface area contributed by atoms with Gasteiger partial charge in [0, 0.05) is 12.3 Å². The van der Waals surface area contributed by atoms with E-state index in [0.29, 0.717) is 6.04 Å². The van der Waals surface area contributed by atoms with Crippen molar-refractivity contribution in [3.63, 3.8) is 0 Å². The molecular formula is C14H19N3O. The second-order valence-electron chi connectivity index (χ2n) is 4.76. The van der Waals surface area contributed by atoms with Gasteiger partial charge in [0.2, 0.25) is 0 Å². The van der Waals surface area contributed by atoms with E-state index in [1.54, 1.807) is 7.11 Å². The Morgan fingerprint density at radius 1 is 1.50 bits per heavy atom. The first-order valence-corrected chi connectivity index (χ1v) is 6.58. The largest absolute Gasteiger partial charge is 0.497 e. The molecule has 1 aliphatic heterocycles. The second-order valence-corrected chi connectivity index (χ2v) is 4.76. The molecule has 2 aromatic rings. The zero-order valence-electron chi connectivity index (χ0n) is 11.0. The van der Waals surface area contributed by atoms with Crippen molar-refractivity contribution >= 4 is 5.52 Å². The summed E-state index contributed by atoms with van der Waals surface area (Å²) in [5.41, 5.74) is 1.10. The van der Waals surface area contributed by atoms with Crippen molar-refractivity contribution in [3.8, 4) is 5.75 Å². The topological polar surface area (TPSA) is 29.8 Å². The van der Waals surface area contributed by atoms with E-state index in [1.807, 2.05) is 18.3 Å². The van der Waals surface area contributed by atoms with Crippen molar-refractivity contribution < 1.29 is 4.74 Å². The van der Waals surface area contributed by atoms with E-state index >= 15 is 0 Å². The van der Waals surface area contributed by atoms with Gasteiger partial charge in [-0.2, -0.15) is 0 Å². The van der Waals surface area contributed by atoms with E-state index < -0.39 is 0 Å². The molecule has 4 heteroatoms. The minimum atomic E-state index is 0.464. The second kappa shape index (κ2) is 4.61. The fraction of sp³-hybridized carbons (Fsp3) is 0.500. The van der Waals surface area contributed by atoms with E-state index in [2.05, 4.69) is 27.4 Å². The number of hydrogen-bond donors (Lipinski definition) is 0. The number of aromatic nitrogens is 2. The minimum absolute atomic E-state index is 0.464. The lowest BCUT2D eigenvalue weighted by Crippen LogP contribution is -2.24. The van der Waals surface area contributed by atoms with Crippen molar-refractivity contribution in [1.82, 2.24) is 14.3 Å². The van der Waals surface area contributed by atoms with Gasteiger partial charge in [-0.15, -0.1) is 0 Å². The van der Waals surface area contributed by atoms with Gasteiger partial charge in [-0.25, -0.2) is 4.98 Å². The summed E-state index contributed by atoms with van der Waals surface area (Å²) in [5.74, 6) is 2.04. The summed E-state index contributed by atoms with van der Waals surface area (Å²) < 4.78 is 7.43. The van der Waals surface area contributed by atoms with Crippen LogP contribution in [0.15, 0.2) is 24.5 Å². The number of fused-ring (bicyclic) bond motifs is 1. The molecule has 0 N–H and O–H groups in total. The van der Waals surface area contributed by atoms with Gasteiger partial charge in [-0.3, -0.25) is 4.90 Å². The number of nitrogens with zero attached hydrogens (tertiary/aromatic N) is 3. The van der Waals surface area contributed by atoms with Gasteiger partial charge in [0.1, 0.15) is 11.6 Å². The fourth-order valence-corrected chi connectivity index (χ4v) is 2.87. The van der Waals surface area contributed by atoms with Gasteiger partial charge in [0.25, 0.3) is 0 Å². The van der Waals surface area contributed by atoms with Crippen molar-refractivity contribution in [2.24, 2.45) is 0 Å². The average Bonchev–Trinajstić information content (AvgIpc) is 3.03. The maximum Gasteiger partial charge on any atom is 0.130 e. The molecule has 0 bridgehead atoms. The minimum Gasteiger partial charge on any atom is -0.497 e. The van der Waals surface area contributed by atoms with Crippen LogP contribution < -0.4 is 4.74 Å². The molecule has 3 rings (SSSR count). The molecule has 0 amide bonds. The highest BCUT2D eigenvalue weighted by Crippen LogP contribution is 2.31. The highest BCUT2D eigenvalue weighted by Gasteiger charge is 2.27. The summed E-state index contributed by atoms with van der Waals surface area (Å²) in [6.07, 6.45) is 6.47. The lowest BCUT2D eigenvalue weighted by molar-refractivity contribution is 0.261. The summed E-state index contributed by atoms with van der Waals surface area (Å²) in [4.78, 5) is 7.12. The van der Waals surface area contributed by atoms with Crippen molar-refractivity contribution in [2.45, 2.75) is 25.8 Å². The van der Waals surface area contributed by atoms with Crippen LogP contribution in [0.1, 0.15) is 31.6 Å². The standard InChI is InChI=1S/C14H19N3O/c1-3-16-7-4-5-13(16)14-15-10-11-9-12(18-2)6-8-17(11)14/h6,8-10,13H,3-5,7H2,1-2H3. The number of ether oxygens (including phenoxy) is 1. The number of hydrogen-bond acceptors (Lipinski definition) is 3. The summed E-state index contributed by atoms with van der Waals surface area (Å²) >= 11 is 0. The SMILES string of the molecule is CCN1CCCC1c1ncc2cc(OC)ccn12. The van der Waals surface area contributed by atoms with Crippen LogP contribution in [-0.4, -0.2) is 34.5 Å². The third kappa shape index (κ3) is 1.77. The maximum absolute atomic E-state index is 5.25. The Labute approximate surface area is 107 Å². The summed E-state index contributed by atoms with van der Waals surface area (Å²) in [6.45, 7) is 4.50. The molecular weight excluding hydrogens is 226 g/mol. The smallest absolute Gasteiger partial charge is 0.130 e. The number of pyridine rings is 1. The van der Waals surface area contributed by atoms with E-state index in [-0.39, 0.29) is 0 Å². The molecule has 0 radical (unpaired) electrons. The van der Waals surface area contributed by atoms with Gasteiger partial charge in [-0.05, 0) is 32.0 Å². The zero-order valence-corrected chi connectivity index (χ0v) is 11.0. The number of rotatable bonds is 3. The highest BCUT2D eigenvalue weighted by molar-refractivity contribution is 5.50. The summed E-state index contributed by atoms with van der Waals surface area (Å²) in [5, 5.41) is 0. The normalized spacial score (nSPS) is 20.7. The quantitative estimate of drug-likeness (QED) is 0.832. The average molecular weight is 245 g/mol. The lowest BCUT2D eigenvalue weighted by atomic mass is 10.2. The van der Waals surface area contributed by atoms with Crippen molar-refractivity contribution in [2.75, 3.05) is 20.2 Å². The van der Waals surface area contributed by atoms with Gasteiger partial charge in [0.15, 0.2) is 0 Å². The Kier molecular flexibility index (Phi) is 2.96. The Hall–Kier alpha value is -1.55. The molecule has 1 aliphatic rings. The first kappa shape index (κ1) is 11.5. The predicted octanol–water partition coefficient (Wildman–Crippen LogP) is 2.50. The van der Waals surface area contributed by atoms with E-state index in [0.717, 1.165) is 23.6 Å². The van der Waals surface area contributed by atoms with Crippen LogP contribution >= 0.6 is 0 Å². The number of methoxy groups -OCH3 is 1. The van der Waals surface area contributed by atoms with Crippen LogP contribution in [0.3, 0.4) is 0 Å². The van der Waals surface area contributed by atoms with Crippen LogP contribution in [-0.2, 0) is 0 Å². The van der Waals surface area contributed by atoms with Crippen LogP contribution in [0, 0.1) is 0 Å². The van der Waals surface area contributed by atoms with Gasteiger partial charge in [-0.1, -0.05) is 6.92 Å². The lowest BCUT2D eigenvalue weighted by Gasteiger charge is -2.21. The molecule has 1 unspecified atom stereocenters. The third-order valence-corrected chi connectivity index (χ3v) is 3.84. The molecule has 1 fully saturated rings. The third-order valence-electron chi connectivity index (χ3n) is 3.84. The summed E-state index contributed by atoms with van der Waals surface area (Å²) in [6, 6.07) is 4.48. The zero-order chi connectivity index (χ0) is 12.5. The van der Waals surface area contributed by atoms with Crippen molar-refractivity contribution in [1.29, 1.82) is 0 Å². The molecule has 0 saturated carbocycles. The molecule has 3 heterocycles. The molecule has 96 valence electrons. The maximum atomic E-state index is 5.25. The molecule has 0 spiro atoms. The monoisotopic (exact) mass is 245 g/mol.